The fourth-order valence-electron chi connectivity index (χ4n) is 5.57. The Morgan fingerprint density at radius 2 is 1.81 bits per heavy atom. The maximum atomic E-state index is 14.1. The highest BCUT2D eigenvalue weighted by Gasteiger charge is 2.37. The molecule has 0 bridgehead atoms. The van der Waals surface area contributed by atoms with Crippen LogP contribution in [0.5, 0.6) is 5.88 Å². The Morgan fingerprint density at radius 3 is 2.49 bits per heavy atom. The maximum absolute atomic E-state index is 14.1. The summed E-state index contributed by atoms with van der Waals surface area (Å²) in [5.74, 6) is -0.104. The van der Waals surface area contributed by atoms with Crippen LogP contribution in [0.25, 0.3) is 11.3 Å². The van der Waals surface area contributed by atoms with Crippen LogP contribution in [0.4, 0.5) is 24.7 Å². The van der Waals surface area contributed by atoms with Gasteiger partial charge in [-0.25, -0.2) is 4.98 Å². The van der Waals surface area contributed by atoms with Gasteiger partial charge in [-0.1, -0.05) is 13.0 Å². The summed E-state index contributed by atoms with van der Waals surface area (Å²) < 4.78 is 53.6. The molecule has 12 heteroatoms. The Balaban J connectivity index is 1.39. The highest BCUT2D eigenvalue weighted by molar-refractivity contribution is 6.04. The number of hydrogen-bond acceptors (Lipinski definition) is 8. The van der Waals surface area contributed by atoms with E-state index in [2.05, 4.69) is 25.4 Å². The Labute approximate surface area is 249 Å². The third kappa shape index (κ3) is 7.07. The van der Waals surface area contributed by atoms with Gasteiger partial charge in [0.2, 0.25) is 5.88 Å². The smallest absolute Gasteiger partial charge is 0.419 e. The van der Waals surface area contributed by atoms with Crippen molar-refractivity contribution in [1.82, 2.24) is 20.1 Å². The van der Waals surface area contributed by atoms with Crippen molar-refractivity contribution in [2.24, 2.45) is 0 Å². The van der Waals surface area contributed by atoms with Crippen LogP contribution < -0.4 is 15.0 Å². The number of aryl methyl sites for hydroxylation is 1. The first-order chi connectivity index (χ1) is 20.7. The Bertz CT molecular complexity index is 1440. The topological polar surface area (TPSA) is 92.7 Å². The van der Waals surface area contributed by atoms with E-state index in [0.29, 0.717) is 63.3 Å². The Kier molecular flexibility index (Phi) is 9.46. The quantitative estimate of drug-likeness (QED) is 0.361. The first kappa shape index (κ1) is 30.7. The molecule has 2 aliphatic heterocycles. The standard InChI is InChI=1S/C31H37F3N6O3/c1-4-39-10-12-40(13-11-39)28-26(31(32,33)34)16-22(19-35-28)29(41)36-23-7-6-20(3)24(17-23)27-18-25(21-8-14-42-15-9-21)30(38-37-27)43-5-2/h6-7,16-19,21H,4-5,8-15H2,1-3H3,(H,36,41). The number of carbonyl (C=O) groups is 1. The van der Waals surface area contributed by atoms with Crippen molar-refractivity contribution in [3.8, 4) is 17.1 Å². The number of benzene rings is 1. The molecule has 43 heavy (non-hydrogen) atoms. The number of nitrogens with one attached hydrogen (secondary N) is 1. The second kappa shape index (κ2) is 13.3. The Hall–Kier alpha value is -3.77. The molecule has 1 aromatic carbocycles. The predicted molar refractivity (Wildman–Crippen MR) is 158 cm³/mol. The minimum atomic E-state index is -4.66. The second-order valence-electron chi connectivity index (χ2n) is 10.8. The number of piperazine rings is 1. The number of amides is 1. The maximum Gasteiger partial charge on any atom is 0.419 e. The zero-order valence-corrected chi connectivity index (χ0v) is 24.7. The van der Waals surface area contributed by atoms with Crippen LogP contribution in [0.2, 0.25) is 0 Å². The van der Waals surface area contributed by atoms with Crippen LogP contribution in [-0.4, -0.2) is 78.5 Å². The van der Waals surface area contributed by atoms with Gasteiger partial charge in [0.25, 0.3) is 5.91 Å². The minimum absolute atomic E-state index is 0.146. The number of anilines is 2. The summed E-state index contributed by atoms with van der Waals surface area (Å²) in [4.78, 5) is 21.1. The molecule has 0 saturated carbocycles. The van der Waals surface area contributed by atoms with Crippen molar-refractivity contribution in [3.63, 3.8) is 0 Å². The second-order valence-corrected chi connectivity index (χ2v) is 10.8. The summed E-state index contributed by atoms with van der Waals surface area (Å²) in [7, 11) is 0. The van der Waals surface area contributed by atoms with E-state index in [1.165, 1.54) is 6.20 Å². The lowest BCUT2D eigenvalue weighted by Gasteiger charge is -2.35. The van der Waals surface area contributed by atoms with E-state index in [1.807, 2.05) is 32.9 Å². The molecule has 3 aromatic rings. The molecular weight excluding hydrogens is 561 g/mol. The number of ether oxygens (including phenoxy) is 2. The van der Waals surface area contributed by atoms with Crippen LogP contribution in [0.3, 0.4) is 0 Å². The summed E-state index contributed by atoms with van der Waals surface area (Å²) in [6.45, 7) is 10.7. The number of likely N-dealkylation sites (N-methyl/N-ethyl adjacent to an activating group) is 1. The molecule has 0 atom stereocenters. The monoisotopic (exact) mass is 598 g/mol. The van der Waals surface area contributed by atoms with Crippen molar-refractivity contribution in [3.05, 3.63) is 58.8 Å². The molecular formula is C31H37F3N6O3. The van der Waals surface area contributed by atoms with Gasteiger partial charge in [0.15, 0.2) is 0 Å². The summed E-state index contributed by atoms with van der Waals surface area (Å²) in [5.41, 5.74) is 2.56. The van der Waals surface area contributed by atoms with Gasteiger partial charge >= 0.3 is 6.18 Å². The lowest BCUT2D eigenvalue weighted by molar-refractivity contribution is -0.137. The van der Waals surface area contributed by atoms with E-state index in [9.17, 15) is 18.0 Å². The fraction of sp³-hybridized carbons (Fsp3) is 0.484. The minimum Gasteiger partial charge on any atom is -0.477 e. The largest absolute Gasteiger partial charge is 0.477 e. The molecule has 2 saturated heterocycles. The zero-order chi connectivity index (χ0) is 30.6. The van der Waals surface area contributed by atoms with Crippen molar-refractivity contribution in [2.45, 2.75) is 45.7 Å². The Morgan fingerprint density at radius 1 is 1.07 bits per heavy atom. The molecule has 0 spiro atoms. The number of hydrogen-bond donors (Lipinski definition) is 1. The third-order valence-electron chi connectivity index (χ3n) is 8.05. The number of alkyl halides is 3. The summed E-state index contributed by atoms with van der Waals surface area (Å²) >= 11 is 0. The molecule has 230 valence electrons. The first-order valence-electron chi connectivity index (χ1n) is 14.7. The molecule has 2 fully saturated rings. The molecule has 5 rings (SSSR count). The molecule has 0 aliphatic carbocycles. The molecule has 0 radical (unpaired) electrons. The number of rotatable bonds is 8. The van der Waals surface area contributed by atoms with Gasteiger partial charge in [0, 0.05) is 62.4 Å². The van der Waals surface area contributed by atoms with Crippen molar-refractivity contribution >= 4 is 17.4 Å². The fourth-order valence-corrected chi connectivity index (χ4v) is 5.57. The van der Waals surface area contributed by atoms with Crippen molar-refractivity contribution in [1.29, 1.82) is 0 Å². The molecule has 0 unspecified atom stereocenters. The van der Waals surface area contributed by atoms with E-state index in [-0.39, 0.29) is 17.3 Å². The highest BCUT2D eigenvalue weighted by atomic mass is 19.4. The number of aromatic nitrogens is 3. The van der Waals surface area contributed by atoms with Gasteiger partial charge in [-0.15, -0.1) is 10.2 Å². The molecule has 4 heterocycles. The molecule has 1 amide bonds. The summed E-state index contributed by atoms with van der Waals surface area (Å²) in [6, 6.07) is 8.15. The first-order valence-corrected chi connectivity index (χ1v) is 14.7. The van der Waals surface area contributed by atoms with Crippen LogP contribution >= 0.6 is 0 Å². The van der Waals surface area contributed by atoms with Gasteiger partial charge in [0.1, 0.15) is 5.82 Å². The predicted octanol–water partition coefficient (Wildman–Crippen LogP) is 5.55. The van der Waals surface area contributed by atoms with E-state index in [4.69, 9.17) is 9.47 Å². The number of nitrogens with zero attached hydrogens (tertiary/aromatic N) is 5. The summed E-state index contributed by atoms with van der Waals surface area (Å²) in [5, 5.41) is 11.5. The zero-order valence-electron chi connectivity index (χ0n) is 24.7. The highest BCUT2D eigenvalue weighted by Crippen LogP contribution is 2.37. The van der Waals surface area contributed by atoms with Gasteiger partial charge in [-0.3, -0.25) is 4.79 Å². The molecule has 2 aliphatic rings. The third-order valence-corrected chi connectivity index (χ3v) is 8.05. The van der Waals surface area contributed by atoms with Crippen LogP contribution in [0.1, 0.15) is 59.7 Å². The van der Waals surface area contributed by atoms with Gasteiger partial charge in [-0.05, 0) is 69.0 Å². The molecule has 9 nitrogen and oxygen atoms in total. The van der Waals surface area contributed by atoms with E-state index in [0.717, 1.165) is 42.1 Å². The SMILES string of the molecule is CCOc1nnc(-c2cc(NC(=O)c3cnc(N4CCN(CC)CC4)c(C(F)(F)F)c3)ccc2C)cc1C1CCOCC1. The van der Waals surface area contributed by atoms with Gasteiger partial charge in [0.05, 0.1) is 23.4 Å². The average Bonchev–Trinajstić information content (AvgIpc) is 3.02. The summed E-state index contributed by atoms with van der Waals surface area (Å²) in [6.07, 6.45) is -1.75. The van der Waals surface area contributed by atoms with Crippen LogP contribution in [-0.2, 0) is 10.9 Å². The average molecular weight is 599 g/mol. The lowest BCUT2D eigenvalue weighted by atomic mass is 9.91. The van der Waals surface area contributed by atoms with E-state index >= 15 is 0 Å². The number of carbonyl (C=O) groups excluding carboxylic acids is 1. The molecule has 1 N–H and O–H groups in total. The normalized spacial score (nSPS) is 16.7. The van der Waals surface area contributed by atoms with Gasteiger partial charge < -0.3 is 24.6 Å². The molecule has 2 aromatic heterocycles. The van der Waals surface area contributed by atoms with Crippen LogP contribution in [0.15, 0.2) is 36.5 Å². The number of pyridine rings is 1. The van der Waals surface area contributed by atoms with Crippen molar-refractivity contribution in [2.75, 3.05) is 62.8 Å². The van der Waals surface area contributed by atoms with Crippen molar-refractivity contribution < 1.29 is 27.4 Å². The van der Waals surface area contributed by atoms with E-state index in [1.54, 1.807) is 17.0 Å². The van der Waals surface area contributed by atoms with E-state index < -0.39 is 17.6 Å². The lowest BCUT2D eigenvalue weighted by Crippen LogP contribution is -2.47. The van der Waals surface area contributed by atoms with Gasteiger partial charge in [-0.2, -0.15) is 13.2 Å². The number of halogens is 3. The van der Waals surface area contributed by atoms with Crippen LogP contribution in [0, 0.1) is 6.92 Å².